The number of benzene rings is 2. The van der Waals surface area contributed by atoms with Gasteiger partial charge in [-0.15, -0.1) is 0 Å². The fourth-order valence-corrected chi connectivity index (χ4v) is 3.66. The largest absolute Gasteiger partial charge is 0.336 e. The standard InChI is InChI=1S/C22H27N3O2/c1-16-9-5-7-13-19(16)23-15-21(26)25-20-14-8-6-12-18(20)22(27)24-17-10-3-2-4-11-17/h2-4,6,8,10-12,14,16,19,23H,5,7,9,13,15H2,1H3,(H,24,27)(H,25,26)/p+1/t16-,19+/m1/s1. The fraction of sp³-hybridized carbons (Fsp3) is 0.364. The molecule has 142 valence electrons. The predicted molar refractivity (Wildman–Crippen MR) is 108 cm³/mol. The molecule has 5 nitrogen and oxygen atoms in total. The highest BCUT2D eigenvalue weighted by Gasteiger charge is 2.25. The molecule has 0 unspecified atom stereocenters. The van der Waals surface area contributed by atoms with Crippen LogP contribution in [0.2, 0.25) is 0 Å². The molecule has 0 radical (unpaired) electrons. The maximum atomic E-state index is 12.6. The highest BCUT2D eigenvalue weighted by Crippen LogP contribution is 2.21. The van der Waals surface area contributed by atoms with E-state index in [-0.39, 0.29) is 11.8 Å². The van der Waals surface area contributed by atoms with Gasteiger partial charge in [0.2, 0.25) is 0 Å². The number of quaternary nitrogens is 1. The summed E-state index contributed by atoms with van der Waals surface area (Å²) in [6.45, 7) is 2.64. The number of nitrogens with two attached hydrogens (primary N) is 1. The van der Waals surface area contributed by atoms with Gasteiger partial charge in [-0.25, -0.2) is 0 Å². The molecular weight excluding hydrogens is 338 g/mol. The number of rotatable bonds is 6. The Balaban J connectivity index is 1.59. The lowest BCUT2D eigenvalue weighted by atomic mass is 9.86. The van der Waals surface area contributed by atoms with Crippen LogP contribution in [0, 0.1) is 5.92 Å². The van der Waals surface area contributed by atoms with Crippen LogP contribution in [0.5, 0.6) is 0 Å². The van der Waals surface area contributed by atoms with Gasteiger partial charge in [-0.1, -0.05) is 43.7 Å². The summed E-state index contributed by atoms with van der Waals surface area (Å²) in [6, 6.07) is 16.9. The molecule has 0 aromatic heterocycles. The van der Waals surface area contributed by atoms with Gasteiger partial charge in [-0.3, -0.25) is 9.59 Å². The van der Waals surface area contributed by atoms with E-state index in [0.29, 0.717) is 29.8 Å². The summed E-state index contributed by atoms with van der Waals surface area (Å²) in [7, 11) is 0. The number of carbonyl (C=O) groups excluding carboxylic acids is 2. The molecule has 3 rings (SSSR count). The quantitative estimate of drug-likeness (QED) is 0.735. The normalized spacial score (nSPS) is 19.3. The topological polar surface area (TPSA) is 74.8 Å². The van der Waals surface area contributed by atoms with E-state index in [9.17, 15) is 9.59 Å². The van der Waals surface area contributed by atoms with Crippen LogP contribution in [0.3, 0.4) is 0 Å². The van der Waals surface area contributed by atoms with E-state index >= 15 is 0 Å². The Morgan fingerprint density at radius 1 is 0.963 bits per heavy atom. The molecule has 2 aromatic rings. The number of amides is 2. The lowest BCUT2D eigenvalue weighted by Gasteiger charge is -2.26. The average Bonchev–Trinajstić information content (AvgIpc) is 2.68. The van der Waals surface area contributed by atoms with Crippen LogP contribution in [-0.2, 0) is 4.79 Å². The zero-order valence-corrected chi connectivity index (χ0v) is 15.8. The number of nitrogens with one attached hydrogen (secondary N) is 2. The van der Waals surface area contributed by atoms with E-state index in [4.69, 9.17) is 0 Å². The highest BCUT2D eigenvalue weighted by atomic mass is 16.2. The summed E-state index contributed by atoms with van der Waals surface area (Å²) in [6.07, 6.45) is 4.95. The summed E-state index contributed by atoms with van der Waals surface area (Å²) < 4.78 is 0. The van der Waals surface area contributed by atoms with E-state index in [2.05, 4.69) is 22.9 Å². The van der Waals surface area contributed by atoms with Crippen LogP contribution < -0.4 is 16.0 Å². The minimum Gasteiger partial charge on any atom is -0.336 e. The molecule has 4 N–H and O–H groups in total. The molecular formula is C22H28N3O2+. The van der Waals surface area contributed by atoms with Crippen molar-refractivity contribution in [3.05, 3.63) is 60.2 Å². The summed E-state index contributed by atoms with van der Waals surface area (Å²) in [5.74, 6) is 0.338. The molecule has 2 atom stereocenters. The minimum atomic E-state index is -0.234. The highest BCUT2D eigenvalue weighted by molar-refractivity contribution is 6.10. The number of hydrogen-bond acceptors (Lipinski definition) is 2. The molecule has 27 heavy (non-hydrogen) atoms. The summed E-state index contributed by atoms with van der Waals surface area (Å²) in [5, 5.41) is 7.91. The van der Waals surface area contributed by atoms with Crippen molar-refractivity contribution in [3.8, 4) is 0 Å². The molecule has 0 heterocycles. The van der Waals surface area contributed by atoms with Gasteiger partial charge >= 0.3 is 0 Å². The first-order valence-electron chi connectivity index (χ1n) is 9.72. The summed E-state index contributed by atoms with van der Waals surface area (Å²) in [5.41, 5.74) is 1.73. The molecule has 1 aliphatic rings. The number of para-hydroxylation sites is 2. The SMILES string of the molecule is C[C@@H]1CCCC[C@@H]1[NH2+]CC(=O)Nc1ccccc1C(=O)Nc1ccccc1. The van der Waals surface area contributed by atoms with E-state index in [0.717, 1.165) is 5.69 Å². The van der Waals surface area contributed by atoms with Crippen molar-refractivity contribution < 1.29 is 14.9 Å². The molecule has 2 amide bonds. The Labute approximate surface area is 160 Å². The van der Waals surface area contributed by atoms with Gasteiger partial charge in [0.15, 0.2) is 6.54 Å². The smallest absolute Gasteiger partial charge is 0.279 e. The molecule has 0 bridgehead atoms. The van der Waals surface area contributed by atoms with Gasteiger partial charge in [-0.05, 0) is 43.5 Å². The van der Waals surface area contributed by atoms with Crippen molar-refractivity contribution >= 4 is 23.2 Å². The third-order valence-corrected chi connectivity index (χ3v) is 5.26. The van der Waals surface area contributed by atoms with E-state index in [1.54, 1.807) is 18.2 Å². The lowest BCUT2D eigenvalue weighted by molar-refractivity contribution is -0.687. The van der Waals surface area contributed by atoms with Crippen molar-refractivity contribution in [1.82, 2.24) is 0 Å². The fourth-order valence-electron chi connectivity index (χ4n) is 3.66. The number of carbonyl (C=O) groups is 2. The Morgan fingerprint density at radius 3 is 2.44 bits per heavy atom. The zero-order valence-electron chi connectivity index (χ0n) is 15.8. The maximum Gasteiger partial charge on any atom is 0.279 e. The van der Waals surface area contributed by atoms with Gasteiger partial charge in [0.05, 0.1) is 17.3 Å². The summed E-state index contributed by atoms with van der Waals surface area (Å²) >= 11 is 0. The third-order valence-electron chi connectivity index (χ3n) is 5.26. The van der Waals surface area contributed by atoms with Gasteiger partial charge in [0, 0.05) is 11.6 Å². The molecule has 0 aliphatic heterocycles. The van der Waals surface area contributed by atoms with Crippen LogP contribution in [0.15, 0.2) is 54.6 Å². The van der Waals surface area contributed by atoms with Gasteiger partial charge in [0.1, 0.15) is 0 Å². The van der Waals surface area contributed by atoms with Crippen LogP contribution in [0.1, 0.15) is 43.0 Å². The van der Waals surface area contributed by atoms with Crippen LogP contribution in [-0.4, -0.2) is 24.4 Å². The molecule has 1 saturated carbocycles. The van der Waals surface area contributed by atoms with Crippen molar-refractivity contribution in [2.24, 2.45) is 5.92 Å². The van der Waals surface area contributed by atoms with E-state index in [1.807, 2.05) is 36.4 Å². The molecule has 1 fully saturated rings. The molecule has 1 aliphatic carbocycles. The van der Waals surface area contributed by atoms with Gasteiger partial charge < -0.3 is 16.0 Å². The van der Waals surface area contributed by atoms with Crippen LogP contribution in [0.4, 0.5) is 11.4 Å². The summed E-state index contributed by atoms with van der Waals surface area (Å²) in [4.78, 5) is 25.0. The third kappa shape index (κ3) is 5.41. The van der Waals surface area contributed by atoms with Crippen LogP contribution in [0.25, 0.3) is 0 Å². The van der Waals surface area contributed by atoms with Gasteiger partial charge in [-0.2, -0.15) is 0 Å². The van der Waals surface area contributed by atoms with Crippen molar-refractivity contribution in [1.29, 1.82) is 0 Å². The first-order chi connectivity index (χ1) is 13.1. The lowest BCUT2D eigenvalue weighted by Crippen LogP contribution is -2.93. The molecule has 0 spiro atoms. The minimum absolute atomic E-state index is 0.0762. The van der Waals surface area contributed by atoms with E-state index < -0.39 is 0 Å². The Bertz CT molecular complexity index is 776. The first-order valence-corrected chi connectivity index (χ1v) is 9.72. The second kappa shape index (κ2) is 9.33. The maximum absolute atomic E-state index is 12.6. The van der Waals surface area contributed by atoms with E-state index in [1.165, 1.54) is 25.7 Å². The predicted octanol–water partition coefficient (Wildman–Crippen LogP) is 3.02. The Hall–Kier alpha value is -2.66. The Morgan fingerprint density at radius 2 is 1.67 bits per heavy atom. The molecule has 0 saturated heterocycles. The molecule has 2 aromatic carbocycles. The second-order valence-electron chi connectivity index (χ2n) is 7.28. The molecule has 5 heteroatoms. The van der Waals surface area contributed by atoms with Gasteiger partial charge in [0.25, 0.3) is 11.8 Å². The van der Waals surface area contributed by atoms with Crippen LogP contribution >= 0.6 is 0 Å². The van der Waals surface area contributed by atoms with Crippen molar-refractivity contribution in [2.45, 2.75) is 38.6 Å². The first kappa shape index (κ1) is 19.1. The van der Waals surface area contributed by atoms with Crippen molar-refractivity contribution in [3.63, 3.8) is 0 Å². The zero-order chi connectivity index (χ0) is 19.1. The Kier molecular flexibility index (Phi) is 6.60. The van der Waals surface area contributed by atoms with Crippen molar-refractivity contribution in [2.75, 3.05) is 17.2 Å². The monoisotopic (exact) mass is 366 g/mol. The second-order valence-corrected chi connectivity index (χ2v) is 7.28. The number of anilines is 2. The number of hydrogen-bond donors (Lipinski definition) is 3. The average molecular weight is 366 g/mol.